The number of benzene rings is 1. The molecule has 0 radical (unpaired) electrons. The highest BCUT2D eigenvalue weighted by Gasteiger charge is 2.27. The highest BCUT2D eigenvalue weighted by Crippen LogP contribution is 2.23. The molecule has 1 aliphatic rings. The van der Waals surface area contributed by atoms with Gasteiger partial charge < -0.3 is 15.1 Å². The van der Waals surface area contributed by atoms with E-state index in [0.717, 1.165) is 5.56 Å². The van der Waals surface area contributed by atoms with Crippen LogP contribution in [0.25, 0.3) is 11.0 Å². The maximum Gasteiger partial charge on any atom is 0.290 e. The number of hydrogen-bond acceptors (Lipinski definition) is 6. The summed E-state index contributed by atoms with van der Waals surface area (Å²) >= 11 is 0. The van der Waals surface area contributed by atoms with Crippen LogP contribution in [0.3, 0.4) is 0 Å². The van der Waals surface area contributed by atoms with Crippen LogP contribution in [0.5, 0.6) is 0 Å². The van der Waals surface area contributed by atoms with E-state index in [1.165, 1.54) is 6.07 Å². The molecular weight excluding hydrogens is 296 g/mol. The van der Waals surface area contributed by atoms with Crippen molar-refractivity contribution in [1.29, 1.82) is 0 Å². The van der Waals surface area contributed by atoms with Crippen LogP contribution in [0.2, 0.25) is 0 Å². The highest BCUT2D eigenvalue weighted by molar-refractivity contribution is 5.93. The summed E-state index contributed by atoms with van der Waals surface area (Å²) in [6.45, 7) is 0.683. The fourth-order valence-corrected chi connectivity index (χ4v) is 2.68. The number of para-hydroxylation sites is 1. The number of hydrogen-bond donors (Lipinski definition) is 1. The number of aromatic nitrogens is 2. The first kappa shape index (κ1) is 13.4. The maximum absolute atomic E-state index is 12.6. The van der Waals surface area contributed by atoms with Crippen LogP contribution in [0.15, 0.2) is 45.7 Å². The van der Waals surface area contributed by atoms with Gasteiger partial charge in [-0.05, 0) is 12.1 Å². The molecule has 114 valence electrons. The summed E-state index contributed by atoms with van der Waals surface area (Å²) in [6, 6.07) is 8.07. The molecule has 1 amide bonds. The van der Waals surface area contributed by atoms with Gasteiger partial charge in [-0.15, -0.1) is 0 Å². The van der Waals surface area contributed by atoms with Crippen molar-refractivity contribution in [2.24, 2.45) is 0 Å². The van der Waals surface area contributed by atoms with Gasteiger partial charge in [-0.1, -0.05) is 12.1 Å². The summed E-state index contributed by atoms with van der Waals surface area (Å²) in [4.78, 5) is 34.3. The molecule has 0 saturated heterocycles. The Morgan fingerprint density at radius 1 is 1.26 bits per heavy atom. The fourth-order valence-electron chi connectivity index (χ4n) is 2.68. The minimum absolute atomic E-state index is 0.0161. The van der Waals surface area contributed by atoms with Crippen molar-refractivity contribution in [3.63, 3.8) is 0 Å². The SMILES string of the molecule is Nc1ncc2c(n1)CN(C(=O)c1cc(=O)c3ccccc3o1)C2. The number of carbonyl (C=O) groups excluding carboxylic acids is 1. The van der Waals surface area contributed by atoms with Crippen LogP contribution in [0, 0.1) is 0 Å². The molecule has 1 aromatic carbocycles. The van der Waals surface area contributed by atoms with Gasteiger partial charge in [0.25, 0.3) is 5.91 Å². The summed E-state index contributed by atoms with van der Waals surface area (Å²) in [5, 5.41) is 0.451. The lowest BCUT2D eigenvalue weighted by atomic mass is 10.2. The van der Waals surface area contributed by atoms with Crippen LogP contribution in [0.4, 0.5) is 5.95 Å². The Kier molecular flexibility index (Phi) is 2.87. The second kappa shape index (κ2) is 4.91. The third kappa shape index (κ3) is 2.22. The summed E-state index contributed by atoms with van der Waals surface area (Å²) < 4.78 is 5.59. The number of carbonyl (C=O) groups is 1. The van der Waals surface area contributed by atoms with Gasteiger partial charge in [0.1, 0.15) is 5.58 Å². The van der Waals surface area contributed by atoms with Crippen molar-refractivity contribution in [2.75, 3.05) is 5.73 Å². The van der Waals surface area contributed by atoms with E-state index in [9.17, 15) is 9.59 Å². The summed E-state index contributed by atoms with van der Waals surface area (Å²) in [5.74, 6) is -0.165. The van der Waals surface area contributed by atoms with Crippen molar-refractivity contribution >= 4 is 22.8 Å². The average Bonchev–Trinajstić information content (AvgIpc) is 2.97. The van der Waals surface area contributed by atoms with Crippen molar-refractivity contribution in [3.05, 3.63) is 63.8 Å². The smallest absolute Gasteiger partial charge is 0.290 e. The molecule has 0 bridgehead atoms. The van der Waals surface area contributed by atoms with E-state index in [0.29, 0.717) is 29.8 Å². The molecule has 23 heavy (non-hydrogen) atoms. The largest absolute Gasteiger partial charge is 0.451 e. The van der Waals surface area contributed by atoms with E-state index in [1.807, 2.05) is 0 Å². The lowest BCUT2D eigenvalue weighted by Gasteiger charge is -2.14. The van der Waals surface area contributed by atoms with Gasteiger partial charge in [0.2, 0.25) is 5.95 Å². The predicted molar refractivity (Wildman–Crippen MR) is 82.5 cm³/mol. The molecule has 0 atom stereocenters. The van der Waals surface area contributed by atoms with Crippen LogP contribution < -0.4 is 11.2 Å². The Morgan fingerprint density at radius 3 is 2.96 bits per heavy atom. The molecule has 7 heteroatoms. The quantitative estimate of drug-likeness (QED) is 0.727. The first-order chi connectivity index (χ1) is 11.1. The number of fused-ring (bicyclic) bond motifs is 2. The average molecular weight is 308 g/mol. The normalized spacial score (nSPS) is 13.3. The lowest BCUT2D eigenvalue weighted by molar-refractivity contribution is 0.0719. The second-order valence-corrected chi connectivity index (χ2v) is 5.33. The molecule has 0 saturated carbocycles. The number of nitrogen functional groups attached to an aromatic ring is 1. The standard InChI is InChI=1S/C16H12N4O3/c17-16-18-6-9-7-20(8-11(9)19-16)15(22)14-5-12(21)10-3-1-2-4-13(10)23-14/h1-6H,7-8H2,(H2,17,18,19). The zero-order valence-electron chi connectivity index (χ0n) is 12.0. The van der Waals surface area contributed by atoms with Crippen molar-refractivity contribution < 1.29 is 9.21 Å². The van der Waals surface area contributed by atoms with E-state index in [-0.39, 0.29) is 23.0 Å². The molecule has 0 unspecified atom stereocenters. The molecule has 3 aromatic rings. The zero-order chi connectivity index (χ0) is 16.0. The third-order valence-electron chi connectivity index (χ3n) is 3.81. The Morgan fingerprint density at radius 2 is 2.09 bits per heavy atom. The van der Waals surface area contributed by atoms with Gasteiger partial charge in [0.15, 0.2) is 11.2 Å². The molecule has 0 aliphatic carbocycles. The second-order valence-electron chi connectivity index (χ2n) is 5.33. The van der Waals surface area contributed by atoms with Crippen LogP contribution in [-0.4, -0.2) is 20.8 Å². The summed E-state index contributed by atoms with van der Waals surface area (Å²) in [5.41, 5.74) is 7.27. The predicted octanol–water partition coefficient (Wildman–Crippen LogP) is 1.32. The molecule has 1 aliphatic heterocycles. The topological polar surface area (TPSA) is 102 Å². The van der Waals surface area contributed by atoms with Crippen molar-refractivity contribution in [1.82, 2.24) is 14.9 Å². The molecule has 7 nitrogen and oxygen atoms in total. The van der Waals surface area contributed by atoms with E-state index in [2.05, 4.69) is 9.97 Å². The first-order valence-electron chi connectivity index (χ1n) is 7.04. The van der Waals surface area contributed by atoms with Crippen molar-refractivity contribution in [2.45, 2.75) is 13.1 Å². The zero-order valence-corrected chi connectivity index (χ0v) is 12.0. The van der Waals surface area contributed by atoms with Crippen LogP contribution in [0.1, 0.15) is 21.8 Å². The van der Waals surface area contributed by atoms with Gasteiger partial charge in [0, 0.05) is 24.4 Å². The van der Waals surface area contributed by atoms with Crippen LogP contribution in [-0.2, 0) is 13.1 Å². The Labute approximate surface area is 130 Å². The molecule has 3 heterocycles. The minimum atomic E-state index is -0.357. The number of amides is 1. The summed E-state index contributed by atoms with van der Waals surface area (Å²) in [7, 11) is 0. The molecule has 0 spiro atoms. The Bertz CT molecular complexity index is 996. The van der Waals surface area contributed by atoms with E-state index < -0.39 is 0 Å². The number of nitrogens with two attached hydrogens (primary N) is 1. The molecule has 2 aromatic heterocycles. The van der Waals surface area contributed by atoms with Gasteiger partial charge >= 0.3 is 0 Å². The van der Waals surface area contributed by atoms with E-state index in [1.54, 1.807) is 35.4 Å². The third-order valence-corrected chi connectivity index (χ3v) is 3.81. The number of anilines is 1. The minimum Gasteiger partial charge on any atom is -0.451 e. The summed E-state index contributed by atoms with van der Waals surface area (Å²) in [6.07, 6.45) is 1.61. The maximum atomic E-state index is 12.6. The lowest BCUT2D eigenvalue weighted by Crippen LogP contribution is -2.26. The molecule has 2 N–H and O–H groups in total. The van der Waals surface area contributed by atoms with Gasteiger partial charge in [-0.3, -0.25) is 9.59 Å². The van der Waals surface area contributed by atoms with Crippen LogP contribution >= 0.6 is 0 Å². The Balaban J connectivity index is 1.70. The molecule has 4 rings (SSSR count). The monoisotopic (exact) mass is 308 g/mol. The van der Waals surface area contributed by atoms with E-state index in [4.69, 9.17) is 10.2 Å². The van der Waals surface area contributed by atoms with Gasteiger partial charge in [-0.25, -0.2) is 9.97 Å². The van der Waals surface area contributed by atoms with Crippen molar-refractivity contribution in [3.8, 4) is 0 Å². The highest BCUT2D eigenvalue weighted by atomic mass is 16.3. The molecule has 0 fully saturated rings. The Hall–Kier alpha value is -3.22. The fraction of sp³-hybridized carbons (Fsp3) is 0.125. The van der Waals surface area contributed by atoms with Gasteiger partial charge in [-0.2, -0.15) is 0 Å². The molecular formula is C16H12N4O3. The first-order valence-corrected chi connectivity index (χ1v) is 7.04. The van der Waals surface area contributed by atoms with Gasteiger partial charge in [0.05, 0.1) is 17.6 Å². The number of rotatable bonds is 1. The van der Waals surface area contributed by atoms with E-state index >= 15 is 0 Å². The number of nitrogens with zero attached hydrogens (tertiary/aromatic N) is 3.